The number of rotatable bonds is 1. The van der Waals surface area contributed by atoms with Crippen molar-refractivity contribution in [1.29, 1.82) is 0 Å². The van der Waals surface area contributed by atoms with Crippen LogP contribution in [0.3, 0.4) is 0 Å². The smallest absolute Gasteiger partial charge is 0.274 e. The molecule has 0 aromatic carbocycles. The number of anilines is 2. The van der Waals surface area contributed by atoms with E-state index in [1.165, 1.54) is 0 Å². The molecule has 0 saturated carbocycles. The summed E-state index contributed by atoms with van der Waals surface area (Å²) in [7, 11) is 0. The normalized spacial score (nSPS) is 10.4. The Morgan fingerprint density at radius 3 is 2.23 bits per heavy atom. The molecular weight excluding hydrogens is 166 g/mol. The van der Waals surface area contributed by atoms with E-state index in [4.69, 9.17) is 11.5 Å². The van der Waals surface area contributed by atoms with Gasteiger partial charge in [0.2, 0.25) is 0 Å². The molecule has 0 saturated heterocycles. The van der Waals surface area contributed by atoms with Crippen LogP contribution < -0.4 is 17.0 Å². The van der Waals surface area contributed by atoms with Gasteiger partial charge in [0, 0.05) is 17.8 Å². The number of hydrogen-bond donors (Lipinski definition) is 2. The predicted octanol–water partition coefficient (Wildman–Crippen LogP) is 0.649. The zero-order valence-corrected chi connectivity index (χ0v) is 8.22. The third-order valence-electron chi connectivity index (χ3n) is 2.39. The van der Waals surface area contributed by atoms with Crippen molar-refractivity contribution in [3.8, 4) is 0 Å². The Balaban J connectivity index is 3.67. The number of pyridine rings is 1. The van der Waals surface area contributed by atoms with Gasteiger partial charge in [-0.2, -0.15) is 0 Å². The highest BCUT2D eigenvalue weighted by Gasteiger charge is 2.10. The molecule has 0 aliphatic heterocycles. The summed E-state index contributed by atoms with van der Waals surface area (Å²) >= 11 is 0. The molecular formula is C9H15N3O. The summed E-state index contributed by atoms with van der Waals surface area (Å²) in [5, 5.41) is 0. The van der Waals surface area contributed by atoms with Crippen LogP contribution in [0.1, 0.15) is 18.2 Å². The summed E-state index contributed by atoms with van der Waals surface area (Å²) in [6, 6.07) is 0. The van der Waals surface area contributed by atoms with Crippen LogP contribution in [0.25, 0.3) is 0 Å². The molecule has 4 nitrogen and oxygen atoms in total. The first-order chi connectivity index (χ1) is 6.00. The van der Waals surface area contributed by atoms with Crippen molar-refractivity contribution in [3.63, 3.8) is 0 Å². The van der Waals surface area contributed by atoms with Crippen LogP contribution in [0.2, 0.25) is 0 Å². The summed E-state index contributed by atoms with van der Waals surface area (Å²) in [6.45, 7) is 6.08. The Morgan fingerprint density at radius 1 is 1.23 bits per heavy atom. The minimum absolute atomic E-state index is 0.147. The van der Waals surface area contributed by atoms with Crippen molar-refractivity contribution in [2.24, 2.45) is 0 Å². The van der Waals surface area contributed by atoms with Crippen LogP contribution >= 0.6 is 0 Å². The molecule has 0 amide bonds. The van der Waals surface area contributed by atoms with Crippen molar-refractivity contribution >= 4 is 11.4 Å². The van der Waals surface area contributed by atoms with Gasteiger partial charge < -0.3 is 16.0 Å². The second-order valence-corrected chi connectivity index (χ2v) is 3.09. The maximum atomic E-state index is 11.6. The highest BCUT2D eigenvalue weighted by Crippen LogP contribution is 2.18. The van der Waals surface area contributed by atoms with Crippen molar-refractivity contribution in [2.45, 2.75) is 27.3 Å². The number of nitrogens with zero attached hydrogens (tertiary/aromatic N) is 1. The van der Waals surface area contributed by atoms with Gasteiger partial charge in [-0.05, 0) is 20.8 Å². The van der Waals surface area contributed by atoms with Crippen molar-refractivity contribution in [2.75, 3.05) is 11.5 Å². The average molecular weight is 181 g/mol. The number of hydrogen-bond acceptors (Lipinski definition) is 3. The van der Waals surface area contributed by atoms with Gasteiger partial charge in [-0.3, -0.25) is 4.79 Å². The predicted molar refractivity (Wildman–Crippen MR) is 54.7 cm³/mol. The third-order valence-corrected chi connectivity index (χ3v) is 2.39. The maximum absolute atomic E-state index is 11.6. The second-order valence-electron chi connectivity index (χ2n) is 3.09. The fourth-order valence-electron chi connectivity index (χ4n) is 1.40. The van der Waals surface area contributed by atoms with Gasteiger partial charge in [0.15, 0.2) is 0 Å². The van der Waals surface area contributed by atoms with Gasteiger partial charge >= 0.3 is 0 Å². The molecule has 1 rings (SSSR count). The molecule has 0 spiro atoms. The largest absolute Gasteiger partial charge is 0.397 e. The zero-order chi connectivity index (χ0) is 10.2. The topological polar surface area (TPSA) is 74.0 Å². The summed E-state index contributed by atoms with van der Waals surface area (Å²) in [4.78, 5) is 11.6. The van der Waals surface area contributed by atoms with E-state index in [1.807, 2.05) is 13.8 Å². The fourth-order valence-corrected chi connectivity index (χ4v) is 1.40. The molecule has 72 valence electrons. The van der Waals surface area contributed by atoms with Gasteiger partial charge in [0.25, 0.3) is 5.56 Å². The fraction of sp³-hybridized carbons (Fsp3) is 0.444. The van der Waals surface area contributed by atoms with Gasteiger partial charge in [-0.15, -0.1) is 0 Å². The first-order valence-electron chi connectivity index (χ1n) is 4.25. The third kappa shape index (κ3) is 1.28. The Morgan fingerprint density at radius 2 is 1.77 bits per heavy atom. The molecule has 4 heteroatoms. The summed E-state index contributed by atoms with van der Waals surface area (Å²) in [5.41, 5.74) is 13.6. The number of nitrogens with two attached hydrogens (primary N) is 2. The van der Waals surface area contributed by atoms with Gasteiger partial charge in [-0.1, -0.05) is 0 Å². The van der Waals surface area contributed by atoms with Crippen LogP contribution in [0.15, 0.2) is 4.79 Å². The summed E-state index contributed by atoms with van der Waals surface area (Å²) in [6.07, 6.45) is 0. The lowest BCUT2D eigenvalue weighted by Crippen LogP contribution is -2.26. The highest BCUT2D eigenvalue weighted by atomic mass is 16.1. The van der Waals surface area contributed by atoms with Crippen LogP contribution in [-0.2, 0) is 6.54 Å². The minimum atomic E-state index is -0.147. The van der Waals surface area contributed by atoms with Gasteiger partial charge in [0.05, 0.1) is 5.69 Å². The van der Waals surface area contributed by atoms with Crippen molar-refractivity contribution in [3.05, 3.63) is 21.6 Å². The van der Waals surface area contributed by atoms with E-state index in [2.05, 4.69) is 0 Å². The lowest BCUT2D eigenvalue weighted by Gasteiger charge is -2.13. The molecule has 13 heavy (non-hydrogen) atoms. The number of aromatic nitrogens is 1. The van der Waals surface area contributed by atoms with E-state index in [9.17, 15) is 4.79 Å². The summed E-state index contributed by atoms with van der Waals surface area (Å²) < 4.78 is 1.58. The molecule has 0 fully saturated rings. The van der Waals surface area contributed by atoms with Gasteiger partial charge in [-0.25, -0.2) is 0 Å². The lowest BCUT2D eigenvalue weighted by atomic mass is 10.1. The molecule has 0 unspecified atom stereocenters. The number of nitrogen functional groups attached to an aromatic ring is 2. The Bertz CT molecular complexity index is 393. The molecule has 0 aliphatic rings. The van der Waals surface area contributed by atoms with Gasteiger partial charge in [0.1, 0.15) is 5.69 Å². The highest BCUT2D eigenvalue weighted by molar-refractivity contribution is 5.61. The molecule has 1 aromatic heterocycles. The molecule has 0 atom stereocenters. The lowest BCUT2D eigenvalue weighted by molar-refractivity contribution is 0.704. The second kappa shape index (κ2) is 3.12. The Hall–Kier alpha value is -1.45. The van der Waals surface area contributed by atoms with Crippen LogP contribution in [0.4, 0.5) is 11.4 Å². The Labute approximate surface area is 77.2 Å². The molecule has 0 aliphatic carbocycles. The maximum Gasteiger partial charge on any atom is 0.274 e. The van der Waals surface area contributed by atoms with Crippen LogP contribution in [0, 0.1) is 13.8 Å². The van der Waals surface area contributed by atoms with E-state index in [0.29, 0.717) is 17.8 Å². The molecule has 0 bridgehead atoms. The first kappa shape index (κ1) is 9.64. The quantitative estimate of drug-likeness (QED) is 0.668. The van der Waals surface area contributed by atoms with Crippen LogP contribution in [-0.4, -0.2) is 4.57 Å². The van der Waals surface area contributed by atoms with Crippen molar-refractivity contribution in [1.82, 2.24) is 4.57 Å². The van der Waals surface area contributed by atoms with E-state index >= 15 is 0 Å². The Kier molecular flexibility index (Phi) is 2.32. The van der Waals surface area contributed by atoms with E-state index in [-0.39, 0.29) is 11.2 Å². The summed E-state index contributed by atoms with van der Waals surface area (Å²) in [5.74, 6) is 0. The average Bonchev–Trinajstić information content (AvgIpc) is 2.13. The van der Waals surface area contributed by atoms with Crippen LogP contribution in [0.5, 0.6) is 0 Å². The van der Waals surface area contributed by atoms with E-state index in [1.54, 1.807) is 11.5 Å². The molecule has 4 N–H and O–H groups in total. The standard InChI is InChI=1S/C9H15N3O/c1-4-12-6(3)7(10)5(2)8(11)9(12)13/h4,10-11H2,1-3H3. The molecule has 1 heterocycles. The SMILES string of the molecule is CCn1c(C)c(N)c(C)c(N)c1=O. The van der Waals surface area contributed by atoms with Crippen molar-refractivity contribution < 1.29 is 0 Å². The monoisotopic (exact) mass is 181 g/mol. The molecule has 1 aromatic rings. The van der Waals surface area contributed by atoms with E-state index in [0.717, 1.165) is 5.69 Å². The zero-order valence-electron chi connectivity index (χ0n) is 8.22. The first-order valence-corrected chi connectivity index (χ1v) is 4.25. The minimum Gasteiger partial charge on any atom is -0.397 e. The molecule has 0 radical (unpaired) electrons. The van der Waals surface area contributed by atoms with E-state index < -0.39 is 0 Å².